The van der Waals surface area contributed by atoms with E-state index in [1.54, 1.807) is 7.11 Å². The molecule has 1 aliphatic heterocycles. The van der Waals surface area contributed by atoms with Crippen LogP contribution in [0.2, 0.25) is 0 Å². The Morgan fingerprint density at radius 2 is 1.93 bits per heavy atom. The number of halogens is 2. The lowest BCUT2D eigenvalue weighted by Gasteiger charge is -2.30. The molecule has 3 aromatic rings. The molecule has 0 N–H and O–H groups in total. The quantitative estimate of drug-likeness (QED) is 0.495. The Bertz CT molecular complexity index is 1020. The standard InChI is InChI=1S/C22H25F2N2O3P/c1-25(2)8-6-15-14-26(21-5-4-19(27-3)13-20(15)21)30-28-9-7-22(29-30)16-10-17(23)12-18(24)11-16/h4-5,10-14,22H,6-9H2,1-3H3. The summed E-state index contributed by atoms with van der Waals surface area (Å²) >= 11 is 0. The van der Waals surface area contributed by atoms with Crippen LogP contribution < -0.4 is 4.74 Å². The molecule has 4 rings (SSSR count). The number of likely N-dealkylation sites (N-methyl/N-ethyl adjacent to an activating group) is 1. The molecule has 0 spiro atoms. The van der Waals surface area contributed by atoms with Crippen LogP contribution in [-0.2, 0) is 15.5 Å². The summed E-state index contributed by atoms with van der Waals surface area (Å²) in [7, 11) is 4.28. The molecule has 1 aromatic heterocycles. The highest BCUT2D eigenvalue weighted by molar-refractivity contribution is 7.45. The van der Waals surface area contributed by atoms with Crippen LogP contribution in [0.1, 0.15) is 23.7 Å². The first-order chi connectivity index (χ1) is 14.4. The van der Waals surface area contributed by atoms with Crippen molar-refractivity contribution in [2.75, 3.05) is 34.4 Å². The van der Waals surface area contributed by atoms with Crippen molar-refractivity contribution < 1.29 is 22.6 Å². The van der Waals surface area contributed by atoms with E-state index < -0.39 is 26.3 Å². The summed E-state index contributed by atoms with van der Waals surface area (Å²) in [6, 6.07) is 9.45. The van der Waals surface area contributed by atoms with Crippen LogP contribution in [0.5, 0.6) is 5.75 Å². The van der Waals surface area contributed by atoms with Crippen molar-refractivity contribution in [2.45, 2.75) is 18.9 Å². The van der Waals surface area contributed by atoms with Crippen LogP contribution in [0.4, 0.5) is 8.78 Å². The summed E-state index contributed by atoms with van der Waals surface area (Å²) in [5.41, 5.74) is 2.65. The number of methoxy groups -OCH3 is 1. The lowest BCUT2D eigenvalue weighted by molar-refractivity contribution is 0.104. The lowest BCUT2D eigenvalue weighted by atomic mass is 10.1. The van der Waals surface area contributed by atoms with Crippen molar-refractivity contribution in [3.8, 4) is 5.75 Å². The molecule has 2 atom stereocenters. The monoisotopic (exact) mass is 434 g/mol. The molecule has 0 radical (unpaired) electrons. The first kappa shape index (κ1) is 21.2. The van der Waals surface area contributed by atoms with Gasteiger partial charge in [0.05, 0.1) is 25.3 Å². The zero-order valence-electron chi connectivity index (χ0n) is 17.3. The van der Waals surface area contributed by atoms with E-state index in [0.717, 1.165) is 35.7 Å². The van der Waals surface area contributed by atoms with Gasteiger partial charge in [0.2, 0.25) is 0 Å². The van der Waals surface area contributed by atoms with Crippen LogP contribution in [0.3, 0.4) is 0 Å². The number of rotatable bonds is 6. The number of hydrogen-bond acceptors (Lipinski definition) is 4. The minimum atomic E-state index is -1.45. The van der Waals surface area contributed by atoms with Crippen LogP contribution in [0, 0.1) is 11.6 Å². The Morgan fingerprint density at radius 3 is 2.63 bits per heavy atom. The Hall–Kier alpha value is -2.05. The molecule has 1 aliphatic rings. The Labute approximate surface area is 176 Å². The first-order valence-electron chi connectivity index (χ1n) is 9.83. The molecule has 2 aromatic carbocycles. The summed E-state index contributed by atoms with van der Waals surface area (Å²) < 4.78 is 47.0. The average molecular weight is 434 g/mol. The maximum atomic E-state index is 13.7. The SMILES string of the molecule is COc1ccc2c(c1)c(CCN(C)C)cn2P1OCCC(c2cc(F)cc(F)c2)O1. The number of aromatic nitrogens is 1. The van der Waals surface area contributed by atoms with Crippen molar-refractivity contribution in [1.29, 1.82) is 0 Å². The van der Waals surface area contributed by atoms with Crippen molar-refractivity contribution in [1.82, 2.24) is 9.24 Å². The topological polar surface area (TPSA) is 35.9 Å². The number of fused-ring (bicyclic) bond motifs is 1. The molecule has 0 bridgehead atoms. The third kappa shape index (κ3) is 4.49. The van der Waals surface area contributed by atoms with Gasteiger partial charge in [-0.25, -0.2) is 8.78 Å². The number of hydrogen-bond donors (Lipinski definition) is 0. The van der Waals surface area contributed by atoms with Gasteiger partial charge >= 0.3 is 0 Å². The third-order valence-corrected chi connectivity index (χ3v) is 6.66. The van der Waals surface area contributed by atoms with Crippen molar-refractivity contribution in [3.63, 3.8) is 0 Å². The molecule has 0 aliphatic carbocycles. The average Bonchev–Trinajstić information content (AvgIpc) is 3.09. The van der Waals surface area contributed by atoms with Crippen molar-refractivity contribution >= 4 is 19.4 Å². The zero-order valence-corrected chi connectivity index (χ0v) is 18.2. The number of ether oxygens (including phenoxy) is 1. The van der Waals surface area contributed by atoms with E-state index in [1.165, 1.54) is 17.7 Å². The molecule has 2 heterocycles. The maximum absolute atomic E-state index is 13.7. The van der Waals surface area contributed by atoms with Crippen LogP contribution in [-0.4, -0.2) is 43.6 Å². The van der Waals surface area contributed by atoms with Gasteiger partial charge in [-0.2, -0.15) is 0 Å². The molecule has 2 unspecified atom stereocenters. The van der Waals surface area contributed by atoms with E-state index in [2.05, 4.69) is 11.1 Å². The highest BCUT2D eigenvalue weighted by Crippen LogP contribution is 2.52. The molecule has 1 fully saturated rings. The molecular weight excluding hydrogens is 409 g/mol. The summed E-state index contributed by atoms with van der Waals surface area (Å²) in [5, 5.41) is 1.09. The van der Waals surface area contributed by atoms with Gasteiger partial charge in [0, 0.05) is 30.6 Å². The molecule has 0 saturated carbocycles. The molecule has 8 heteroatoms. The predicted octanol–water partition coefficient (Wildman–Crippen LogP) is 5.29. The highest BCUT2D eigenvalue weighted by atomic mass is 31.2. The van der Waals surface area contributed by atoms with Gasteiger partial charge in [-0.05, 0) is 62.0 Å². The fraction of sp³-hybridized carbons (Fsp3) is 0.364. The van der Waals surface area contributed by atoms with Gasteiger partial charge in [-0.3, -0.25) is 4.34 Å². The molecule has 1 saturated heterocycles. The van der Waals surface area contributed by atoms with Gasteiger partial charge in [0.1, 0.15) is 17.4 Å². The number of nitrogens with zero attached hydrogens (tertiary/aromatic N) is 2. The molecule has 30 heavy (non-hydrogen) atoms. The second-order valence-electron chi connectivity index (χ2n) is 7.59. The fourth-order valence-corrected chi connectivity index (χ4v) is 5.17. The van der Waals surface area contributed by atoms with Crippen LogP contribution in [0.15, 0.2) is 42.6 Å². The highest BCUT2D eigenvalue weighted by Gasteiger charge is 2.29. The molecule has 160 valence electrons. The Balaban J connectivity index is 1.67. The third-order valence-electron chi connectivity index (χ3n) is 5.13. The second kappa shape index (κ2) is 8.98. The zero-order chi connectivity index (χ0) is 21.3. The molecule has 5 nitrogen and oxygen atoms in total. The van der Waals surface area contributed by atoms with Gasteiger partial charge in [-0.15, -0.1) is 0 Å². The lowest BCUT2D eigenvalue weighted by Crippen LogP contribution is -2.15. The van der Waals surface area contributed by atoms with Gasteiger partial charge in [-0.1, -0.05) is 0 Å². The van der Waals surface area contributed by atoms with E-state index in [0.29, 0.717) is 18.6 Å². The van der Waals surface area contributed by atoms with Crippen LogP contribution in [0.25, 0.3) is 10.9 Å². The minimum absolute atomic E-state index is 0.420. The smallest absolute Gasteiger partial charge is 0.294 e. The van der Waals surface area contributed by atoms with Gasteiger partial charge in [0.25, 0.3) is 8.53 Å². The summed E-state index contributed by atoms with van der Waals surface area (Å²) in [6.07, 6.45) is 3.05. The van der Waals surface area contributed by atoms with Crippen LogP contribution >= 0.6 is 8.53 Å². The van der Waals surface area contributed by atoms with E-state index in [1.807, 2.05) is 36.6 Å². The van der Waals surface area contributed by atoms with Crippen molar-refractivity contribution in [3.05, 3.63) is 65.4 Å². The van der Waals surface area contributed by atoms with E-state index in [-0.39, 0.29) is 0 Å². The summed E-state index contributed by atoms with van der Waals surface area (Å²) in [6.45, 7) is 1.36. The van der Waals surface area contributed by atoms with Gasteiger partial charge in [0.15, 0.2) is 0 Å². The van der Waals surface area contributed by atoms with Crippen molar-refractivity contribution in [2.24, 2.45) is 0 Å². The normalized spacial score (nSPS) is 19.5. The predicted molar refractivity (Wildman–Crippen MR) is 114 cm³/mol. The first-order valence-corrected chi connectivity index (χ1v) is 11.0. The van der Waals surface area contributed by atoms with E-state index >= 15 is 0 Å². The van der Waals surface area contributed by atoms with Gasteiger partial charge < -0.3 is 18.7 Å². The second-order valence-corrected chi connectivity index (χ2v) is 8.97. The fourth-order valence-electron chi connectivity index (χ4n) is 3.60. The van der Waals surface area contributed by atoms with E-state index in [9.17, 15) is 8.78 Å². The summed E-state index contributed by atoms with van der Waals surface area (Å²) in [5.74, 6) is -0.416. The Kier molecular flexibility index (Phi) is 6.34. The van der Waals surface area contributed by atoms with E-state index in [4.69, 9.17) is 13.8 Å². The number of benzene rings is 2. The molecule has 0 amide bonds. The summed E-state index contributed by atoms with van der Waals surface area (Å²) in [4.78, 5) is 2.14. The molecular formula is C22H25F2N2O3P. The largest absolute Gasteiger partial charge is 0.497 e. The Morgan fingerprint density at radius 1 is 1.17 bits per heavy atom. The maximum Gasteiger partial charge on any atom is 0.294 e. The minimum Gasteiger partial charge on any atom is -0.497 e.